The number of hydrogen-bond donors (Lipinski definition) is 0. The number of carbonyl (C=O) groups excluding carboxylic acids is 1. The van der Waals surface area contributed by atoms with Crippen LogP contribution >= 0.6 is 23.4 Å². The zero-order valence-corrected chi connectivity index (χ0v) is 17.3. The molecular weight excluding hydrogens is 392 g/mol. The van der Waals surface area contributed by atoms with Gasteiger partial charge in [0.1, 0.15) is 11.5 Å². The minimum atomic E-state index is -0.0645. The van der Waals surface area contributed by atoms with Gasteiger partial charge in [-0.1, -0.05) is 41.9 Å². The number of benzene rings is 3. The van der Waals surface area contributed by atoms with Crippen LogP contribution in [0.1, 0.15) is 27.6 Å². The van der Waals surface area contributed by atoms with E-state index in [4.69, 9.17) is 21.1 Å². The smallest absolute Gasteiger partial charge is 0.164 e. The molecule has 144 valence electrons. The van der Waals surface area contributed by atoms with Crippen LogP contribution in [0, 0.1) is 0 Å². The van der Waals surface area contributed by atoms with Crippen LogP contribution in [0.3, 0.4) is 0 Å². The van der Waals surface area contributed by atoms with E-state index in [0.29, 0.717) is 17.0 Å². The maximum Gasteiger partial charge on any atom is 0.164 e. The van der Waals surface area contributed by atoms with Gasteiger partial charge in [0.2, 0.25) is 0 Å². The lowest BCUT2D eigenvalue weighted by molar-refractivity contribution is 0.0982. The molecule has 0 heterocycles. The van der Waals surface area contributed by atoms with Crippen molar-refractivity contribution in [2.75, 3.05) is 14.2 Å². The van der Waals surface area contributed by atoms with E-state index in [-0.39, 0.29) is 11.0 Å². The van der Waals surface area contributed by atoms with Crippen molar-refractivity contribution >= 4 is 29.1 Å². The topological polar surface area (TPSA) is 35.5 Å². The molecule has 0 N–H and O–H groups in total. The second-order valence-electron chi connectivity index (χ2n) is 6.17. The number of carbonyl (C=O) groups is 1. The summed E-state index contributed by atoms with van der Waals surface area (Å²) in [6.07, 6.45) is 0.358. The van der Waals surface area contributed by atoms with Gasteiger partial charge in [0, 0.05) is 22.3 Å². The Balaban J connectivity index is 1.90. The fourth-order valence-electron chi connectivity index (χ4n) is 2.85. The number of Topliss-reactive ketones (excluding diaryl/α,β-unsaturated/α-hetero) is 1. The Morgan fingerprint density at radius 1 is 0.964 bits per heavy atom. The lowest BCUT2D eigenvalue weighted by atomic mass is 10.0. The van der Waals surface area contributed by atoms with Crippen molar-refractivity contribution in [1.29, 1.82) is 0 Å². The Morgan fingerprint density at radius 3 is 2.32 bits per heavy atom. The lowest BCUT2D eigenvalue weighted by Crippen LogP contribution is -2.06. The number of ketones is 1. The molecule has 0 bridgehead atoms. The third-order valence-electron chi connectivity index (χ3n) is 4.35. The Labute approximate surface area is 174 Å². The molecule has 3 rings (SSSR count). The van der Waals surface area contributed by atoms with E-state index in [1.165, 1.54) is 0 Å². The van der Waals surface area contributed by atoms with E-state index < -0.39 is 0 Å². The van der Waals surface area contributed by atoms with E-state index in [1.807, 2.05) is 48.5 Å². The fraction of sp³-hybridized carbons (Fsp3) is 0.174. The van der Waals surface area contributed by atoms with E-state index in [1.54, 1.807) is 50.2 Å². The van der Waals surface area contributed by atoms with Gasteiger partial charge in [-0.25, -0.2) is 0 Å². The van der Waals surface area contributed by atoms with Gasteiger partial charge in [-0.2, -0.15) is 0 Å². The number of hydrogen-bond acceptors (Lipinski definition) is 4. The monoisotopic (exact) mass is 412 g/mol. The van der Waals surface area contributed by atoms with Crippen molar-refractivity contribution in [3.8, 4) is 11.5 Å². The summed E-state index contributed by atoms with van der Waals surface area (Å²) in [5, 5.41) is 0.553. The molecule has 5 heteroatoms. The van der Waals surface area contributed by atoms with Crippen molar-refractivity contribution in [2.45, 2.75) is 16.6 Å². The summed E-state index contributed by atoms with van der Waals surface area (Å²) in [4.78, 5) is 13.8. The minimum absolute atomic E-state index is 0.0645. The highest BCUT2D eigenvalue weighted by molar-refractivity contribution is 7.99. The molecule has 0 spiro atoms. The average molecular weight is 413 g/mol. The number of ether oxygens (including phenoxy) is 2. The van der Waals surface area contributed by atoms with Crippen LogP contribution in [0.15, 0.2) is 77.7 Å². The molecule has 0 radical (unpaired) electrons. The second-order valence-corrected chi connectivity index (χ2v) is 7.85. The molecule has 3 aromatic carbocycles. The van der Waals surface area contributed by atoms with Crippen LogP contribution in [0.25, 0.3) is 0 Å². The molecule has 0 aliphatic rings. The van der Waals surface area contributed by atoms with Crippen LogP contribution in [-0.4, -0.2) is 20.0 Å². The summed E-state index contributed by atoms with van der Waals surface area (Å²) < 4.78 is 10.9. The first-order valence-electron chi connectivity index (χ1n) is 8.83. The SMILES string of the molecule is COc1ccc(OC)c(S[C@@H](CC(=O)c2ccc(Cl)cc2)c2ccccc2)c1. The van der Waals surface area contributed by atoms with Crippen LogP contribution in [-0.2, 0) is 0 Å². The predicted octanol–water partition coefficient (Wildman–Crippen LogP) is 6.46. The minimum Gasteiger partial charge on any atom is -0.497 e. The highest BCUT2D eigenvalue weighted by Gasteiger charge is 2.21. The first-order valence-corrected chi connectivity index (χ1v) is 10.1. The highest BCUT2D eigenvalue weighted by Crippen LogP contribution is 2.43. The van der Waals surface area contributed by atoms with E-state index in [9.17, 15) is 4.79 Å². The normalized spacial score (nSPS) is 11.7. The van der Waals surface area contributed by atoms with Gasteiger partial charge in [0.15, 0.2) is 5.78 Å². The maximum atomic E-state index is 12.9. The van der Waals surface area contributed by atoms with Crippen LogP contribution in [0.4, 0.5) is 0 Å². The maximum absolute atomic E-state index is 12.9. The second kappa shape index (κ2) is 9.67. The summed E-state index contributed by atoms with van der Waals surface area (Å²) in [6, 6.07) is 22.7. The Bertz CT molecular complexity index is 926. The summed E-state index contributed by atoms with van der Waals surface area (Å²) >= 11 is 7.54. The quantitative estimate of drug-likeness (QED) is 0.314. The average Bonchev–Trinajstić information content (AvgIpc) is 2.74. The molecule has 1 atom stereocenters. The van der Waals surface area contributed by atoms with Gasteiger partial charge in [0.05, 0.1) is 19.1 Å². The van der Waals surface area contributed by atoms with Crippen LogP contribution < -0.4 is 9.47 Å². The van der Waals surface area contributed by atoms with Crippen LogP contribution in [0.5, 0.6) is 11.5 Å². The standard InChI is InChI=1S/C23H21ClO3S/c1-26-19-12-13-21(27-2)23(14-19)28-22(17-6-4-3-5-7-17)15-20(25)16-8-10-18(24)11-9-16/h3-14,22H,15H2,1-2H3/t22-/m0/s1. The molecule has 0 saturated heterocycles. The molecule has 0 saturated carbocycles. The van der Waals surface area contributed by atoms with Gasteiger partial charge in [0.25, 0.3) is 0 Å². The fourth-order valence-corrected chi connectivity index (χ4v) is 4.26. The van der Waals surface area contributed by atoms with Crippen molar-refractivity contribution in [2.24, 2.45) is 0 Å². The van der Waals surface area contributed by atoms with Gasteiger partial charge in [-0.15, -0.1) is 11.8 Å². The molecule has 0 unspecified atom stereocenters. The number of halogens is 1. The summed E-state index contributed by atoms with van der Waals surface area (Å²) in [5.41, 5.74) is 1.74. The largest absolute Gasteiger partial charge is 0.497 e. The molecule has 0 amide bonds. The zero-order chi connectivity index (χ0) is 19.9. The van der Waals surface area contributed by atoms with Gasteiger partial charge in [-0.05, 0) is 48.0 Å². The Morgan fingerprint density at radius 2 is 1.68 bits per heavy atom. The number of rotatable bonds is 8. The summed E-state index contributed by atoms with van der Waals surface area (Å²) in [6.45, 7) is 0. The predicted molar refractivity (Wildman–Crippen MR) is 115 cm³/mol. The third-order valence-corrected chi connectivity index (χ3v) is 5.90. The first-order chi connectivity index (χ1) is 13.6. The Kier molecular flexibility index (Phi) is 7.01. The Hall–Kier alpha value is -2.43. The van der Waals surface area contributed by atoms with Crippen molar-refractivity contribution in [3.63, 3.8) is 0 Å². The van der Waals surface area contributed by atoms with Crippen molar-refractivity contribution in [3.05, 3.63) is 88.9 Å². The summed E-state index contributed by atoms with van der Waals surface area (Å²) in [5.74, 6) is 1.57. The zero-order valence-electron chi connectivity index (χ0n) is 15.7. The van der Waals surface area contributed by atoms with E-state index >= 15 is 0 Å². The lowest BCUT2D eigenvalue weighted by Gasteiger charge is -2.19. The van der Waals surface area contributed by atoms with Crippen molar-refractivity contribution < 1.29 is 14.3 Å². The highest BCUT2D eigenvalue weighted by atomic mass is 35.5. The van der Waals surface area contributed by atoms with Gasteiger partial charge >= 0.3 is 0 Å². The van der Waals surface area contributed by atoms with Crippen molar-refractivity contribution in [1.82, 2.24) is 0 Å². The molecule has 3 aromatic rings. The van der Waals surface area contributed by atoms with E-state index in [0.717, 1.165) is 22.0 Å². The van der Waals surface area contributed by atoms with Gasteiger partial charge < -0.3 is 9.47 Å². The molecule has 28 heavy (non-hydrogen) atoms. The van der Waals surface area contributed by atoms with Gasteiger partial charge in [-0.3, -0.25) is 4.79 Å². The van der Waals surface area contributed by atoms with E-state index in [2.05, 4.69) is 0 Å². The summed E-state index contributed by atoms with van der Waals surface area (Å²) in [7, 11) is 3.28. The van der Waals surface area contributed by atoms with Crippen LogP contribution in [0.2, 0.25) is 5.02 Å². The molecule has 0 aliphatic heterocycles. The third kappa shape index (κ3) is 5.09. The number of thioether (sulfide) groups is 1. The molecule has 0 fully saturated rings. The first kappa shape index (κ1) is 20.3. The molecule has 0 aromatic heterocycles. The molecular formula is C23H21ClO3S. The molecule has 0 aliphatic carbocycles. The molecule has 3 nitrogen and oxygen atoms in total. The number of methoxy groups -OCH3 is 2.